The first-order valence-electron chi connectivity index (χ1n) is 8.54. The van der Waals surface area contributed by atoms with E-state index in [1.54, 1.807) is 7.05 Å². The molecule has 0 aliphatic heterocycles. The fourth-order valence-electron chi connectivity index (χ4n) is 3.07. The summed E-state index contributed by atoms with van der Waals surface area (Å²) >= 11 is 2.67. The van der Waals surface area contributed by atoms with Crippen molar-refractivity contribution in [2.24, 2.45) is 13.0 Å². The highest BCUT2D eigenvalue weighted by molar-refractivity contribution is 8.00. The molecule has 1 aliphatic rings. The number of anilines is 1. The molecule has 0 saturated heterocycles. The predicted octanol–water partition coefficient (Wildman–Crippen LogP) is 2.36. The topological polar surface area (TPSA) is 103 Å². The molecule has 2 atom stereocenters. The highest BCUT2D eigenvalue weighted by Gasteiger charge is 2.30. The van der Waals surface area contributed by atoms with E-state index in [1.807, 2.05) is 6.92 Å². The molecule has 138 valence electrons. The van der Waals surface area contributed by atoms with E-state index in [9.17, 15) is 14.9 Å². The van der Waals surface area contributed by atoms with Crippen molar-refractivity contribution < 1.29 is 14.0 Å². The summed E-state index contributed by atoms with van der Waals surface area (Å²) in [4.78, 5) is 25.7. The number of thioether (sulfide) groups is 1. The first-order chi connectivity index (χ1) is 12.4. The maximum absolute atomic E-state index is 12.8. The molecular weight excluding hydrogens is 372 g/mol. The summed E-state index contributed by atoms with van der Waals surface area (Å²) in [6, 6.07) is 2.26. The molecule has 0 fully saturated rings. The number of aryl methyl sites for hydroxylation is 1. The van der Waals surface area contributed by atoms with Crippen LogP contribution >= 0.6 is 23.1 Å². The van der Waals surface area contributed by atoms with Crippen molar-refractivity contribution in [1.82, 2.24) is 5.27 Å². The van der Waals surface area contributed by atoms with Crippen LogP contribution in [0, 0.1) is 17.2 Å². The minimum Gasteiger partial charge on any atom is -0.316 e. The van der Waals surface area contributed by atoms with Crippen LogP contribution in [-0.4, -0.2) is 16.4 Å². The Balaban J connectivity index is 1.81. The van der Waals surface area contributed by atoms with Crippen LogP contribution in [0.5, 0.6) is 0 Å². The van der Waals surface area contributed by atoms with Crippen LogP contribution in [0.3, 0.4) is 0 Å². The normalized spacial score (nSPS) is 17.4. The SMILES string of the molecule is CCC(Sc1c(=O)o[nH][n+]1C)C(=O)Nc1sc2c(c1C#N)CCC(C)C2. The zero-order valence-electron chi connectivity index (χ0n) is 14.9. The van der Waals surface area contributed by atoms with Gasteiger partial charge in [-0.25, -0.2) is 4.79 Å². The van der Waals surface area contributed by atoms with Gasteiger partial charge in [0.25, 0.3) is 0 Å². The van der Waals surface area contributed by atoms with Gasteiger partial charge in [-0.05, 0) is 54.2 Å². The summed E-state index contributed by atoms with van der Waals surface area (Å²) < 4.78 is 6.18. The second-order valence-corrected chi connectivity index (χ2v) is 8.81. The molecule has 26 heavy (non-hydrogen) atoms. The van der Waals surface area contributed by atoms with Gasteiger partial charge in [0.2, 0.25) is 5.91 Å². The lowest BCUT2D eigenvalue weighted by Crippen LogP contribution is -2.35. The standard InChI is InChI=1S/C17H20N4O3S2/c1-4-12(26-16-17(23)24-20-21(16)3)14(22)19-15-11(8-18)10-6-5-9(2)7-13(10)25-15/h9,12H,4-7H2,1-3H3,(H-,19,20,22,23)/p+1. The van der Waals surface area contributed by atoms with Gasteiger partial charge in [0.1, 0.15) is 11.1 Å². The van der Waals surface area contributed by atoms with Crippen molar-refractivity contribution in [2.45, 2.75) is 49.8 Å². The third-order valence-corrected chi connectivity index (χ3v) is 7.20. The van der Waals surface area contributed by atoms with Gasteiger partial charge in [0, 0.05) is 4.88 Å². The fourth-order valence-corrected chi connectivity index (χ4v) is 5.37. The Morgan fingerprint density at radius 1 is 1.62 bits per heavy atom. The number of amides is 1. The highest BCUT2D eigenvalue weighted by Crippen LogP contribution is 2.39. The van der Waals surface area contributed by atoms with Gasteiger partial charge >= 0.3 is 10.7 Å². The van der Waals surface area contributed by atoms with Gasteiger partial charge in [-0.1, -0.05) is 18.5 Å². The Bertz CT molecular complexity index is 922. The number of fused-ring (bicyclic) bond motifs is 1. The molecule has 0 aromatic carbocycles. The van der Waals surface area contributed by atoms with Gasteiger partial charge in [-0.3, -0.25) is 9.32 Å². The first kappa shape index (κ1) is 18.7. The molecule has 0 radical (unpaired) electrons. The number of nitriles is 1. The first-order valence-corrected chi connectivity index (χ1v) is 10.2. The number of nitrogens with one attached hydrogen (secondary N) is 2. The Kier molecular flexibility index (Phi) is 5.53. The summed E-state index contributed by atoms with van der Waals surface area (Å²) in [5, 5.41) is 15.4. The quantitative estimate of drug-likeness (QED) is 0.600. The molecule has 2 aromatic heterocycles. The molecule has 3 rings (SSSR count). The third kappa shape index (κ3) is 3.57. The summed E-state index contributed by atoms with van der Waals surface area (Å²) in [6.07, 6.45) is 3.46. The number of hydrogen-bond acceptors (Lipinski definition) is 6. The molecule has 0 bridgehead atoms. The Morgan fingerprint density at radius 2 is 2.38 bits per heavy atom. The largest absolute Gasteiger partial charge is 0.441 e. The number of aromatic amines is 1. The molecule has 7 nitrogen and oxygen atoms in total. The molecule has 1 aliphatic carbocycles. The number of thiophene rings is 1. The van der Waals surface area contributed by atoms with Crippen molar-refractivity contribution in [3.05, 3.63) is 26.4 Å². The lowest BCUT2D eigenvalue weighted by molar-refractivity contribution is -0.772. The minimum atomic E-state index is -0.498. The molecule has 0 spiro atoms. The second kappa shape index (κ2) is 7.68. The van der Waals surface area contributed by atoms with Crippen LogP contribution in [0.4, 0.5) is 5.00 Å². The number of aromatic nitrogens is 2. The van der Waals surface area contributed by atoms with E-state index in [1.165, 1.54) is 20.9 Å². The van der Waals surface area contributed by atoms with Gasteiger partial charge in [0.05, 0.1) is 10.8 Å². The molecule has 2 heterocycles. The lowest BCUT2D eigenvalue weighted by Gasteiger charge is -2.17. The summed E-state index contributed by atoms with van der Waals surface area (Å²) in [7, 11) is 1.65. The maximum atomic E-state index is 12.8. The van der Waals surface area contributed by atoms with Crippen molar-refractivity contribution >= 4 is 34.0 Å². The number of rotatable bonds is 5. The zero-order chi connectivity index (χ0) is 18.8. The summed E-state index contributed by atoms with van der Waals surface area (Å²) in [5.41, 5.74) is 1.18. The molecule has 2 unspecified atom stereocenters. The Morgan fingerprint density at radius 3 is 3.00 bits per heavy atom. The van der Waals surface area contributed by atoms with Crippen LogP contribution in [0.15, 0.2) is 14.3 Å². The van der Waals surface area contributed by atoms with Crippen molar-refractivity contribution in [2.75, 3.05) is 5.32 Å². The molecule has 2 aromatic rings. The van der Waals surface area contributed by atoms with Crippen molar-refractivity contribution in [3.8, 4) is 6.07 Å². The maximum Gasteiger partial charge on any atom is 0.441 e. The molecule has 9 heteroatoms. The predicted molar refractivity (Wildman–Crippen MR) is 99.3 cm³/mol. The molecular formula is C17H21N4O3S2+. The summed E-state index contributed by atoms with van der Waals surface area (Å²) in [5.74, 6) is 0.393. The molecule has 2 N–H and O–H groups in total. The number of carbonyl (C=O) groups is 1. The average Bonchev–Trinajstić information content (AvgIpc) is 3.11. The van der Waals surface area contributed by atoms with Crippen LogP contribution in [0.2, 0.25) is 0 Å². The van der Waals surface area contributed by atoms with Gasteiger partial charge in [-0.15, -0.1) is 11.3 Å². The van der Waals surface area contributed by atoms with E-state index in [-0.39, 0.29) is 5.91 Å². The van der Waals surface area contributed by atoms with Crippen molar-refractivity contribution in [1.29, 1.82) is 5.26 Å². The highest BCUT2D eigenvalue weighted by atomic mass is 32.2. The number of H-pyrrole nitrogens is 1. The van der Waals surface area contributed by atoms with Crippen LogP contribution in [0.25, 0.3) is 0 Å². The van der Waals surface area contributed by atoms with Crippen LogP contribution in [0.1, 0.15) is 42.7 Å². The number of hydrogen-bond donors (Lipinski definition) is 2. The van der Waals surface area contributed by atoms with E-state index in [0.29, 0.717) is 27.9 Å². The smallest absolute Gasteiger partial charge is 0.316 e. The van der Waals surface area contributed by atoms with Crippen LogP contribution < -0.4 is 15.6 Å². The Labute approximate surface area is 159 Å². The molecule has 1 amide bonds. The average molecular weight is 394 g/mol. The van der Waals surface area contributed by atoms with E-state index < -0.39 is 10.9 Å². The molecule has 0 saturated carbocycles. The zero-order valence-corrected chi connectivity index (χ0v) is 16.6. The van der Waals surface area contributed by atoms with E-state index in [0.717, 1.165) is 36.6 Å². The van der Waals surface area contributed by atoms with Gasteiger partial charge < -0.3 is 5.32 Å². The van der Waals surface area contributed by atoms with Crippen molar-refractivity contribution in [3.63, 3.8) is 0 Å². The summed E-state index contributed by atoms with van der Waals surface area (Å²) in [6.45, 7) is 4.09. The van der Waals surface area contributed by atoms with Gasteiger partial charge in [0.15, 0.2) is 7.05 Å². The monoisotopic (exact) mass is 393 g/mol. The Hall–Kier alpha value is -2.05. The minimum absolute atomic E-state index is 0.207. The van der Waals surface area contributed by atoms with Gasteiger partial charge in [-0.2, -0.15) is 5.26 Å². The fraction of sp³-hybridized carbons (Fsp3) is 0.529. The number of carbonyl (C=O) groups excluding carboxylic acids is 1. The lowest BCUT2D eigenvalue weighted by atomic mass is 9.88. The van der Waals surface area contributed by atoms with Crippen LogP contribution in [-0.2, 0) is 24.7 Å². The third-order valence-electron chi connectivity index (χ3n) is 4.53. The van der Waals surface area contributed by atoms with E-state index in [4.69, 9.17) is 4.52 Å². The second-order valence-electron chi connectivity index (χ2n) is 6.52. The van der Waals surface area contributed by atoms with E-state index in [2.05, 4.69) is 23.6 Å². The number of nitrogens with zero attached hydrogens (tertiary/aromatic N) is 2. The van der Waals surface area contributed by atoms with E-state index >= 15 is 0 Å².